The topological polar surface area (TPSA) is 134 Å². The number of amides is 1. The van der Waals surface area contributed by atoms with Gasteiger partial charge in [-0.25, -0.2) is 21.6 Å². The maximum atomic E-state index is 14.1. The standard InChI is InChI=1S/C49H61ClF3N7O5S3.ClH/c1-48(35-59-25-22-54-23-26-59)21-19-44(36-9-13-39(50)14-10-36)38(32-48)33-58-27-29-60(30-28-58)41-15-11-37(12-16-41)47(61)56-68(64,65)43-17-18-45(46(31-43)67(62,63)49(51,52)53)55-40(20-24-57(2)3)34-66-42-7-5-4-6-8-42;/h4-18,31,40,54-55H,19-30,32-35H2,1-3H3,(H,56,61);1H. The smallest absolute Gasteiger partial charge is 0.380 e. The van der Waals surface area contributed by atoms with Crippen molar-refractivity contribution in [1.29, 1.82) is 0 Å². The zero-order chi connectivity index (χ0) is 48.7. The van der Waals surface area contributed by atoms with E-state index in [0.29, 0.717) is 24.8 Å². The van der Waals surface area contributed by atoms with E-state index in [0.717, 1.165) is 112 Å². The van der Waals surface area contributed by atoms with Crippen LogP contribution in [0.4, 0.5) is 24.5 Å². The molecule has 3 N–H and O–H groups in total. The fourth-order valence-electron chi connectivity index (χ4n) is 9.19. The molecule has 0 radical (unpaired) electrons. The lowest BCUT2D eigenvalue weighted by Gasteiger charge is -2.43. The first-order valence-electron chi connectivity index (χ1n) is 22.9. The Morgan fingerprint density at radius 3 is 2.19 bits per heavy atom. The van der Waals surface area contributed by atoms with Gasteiger partial charge in [0.25, 0.3) is 25.8 Å². The molecule has 2 fully saturated rings. The van der Waals surface area contributed by atoms with Gasteiger partial charge in [-0.15, -0.1) is 24.2 Å². The van der Waals surface area contributed by atoms with Crippen LogP contribution >= 0.6 is 35.8 Å². The highest BCUT2D eigenvalue weighted by Gasteiger charge is 2.48. The van der Waals surface area contributed by atoms with E-state index in [1.807, 2.05) is 66.2 Å². The van der Waals surface area contributed by atoms with Crippen molar-refractivity contribution < 1.29 is 34.8 Å². The minimum atomic E-state index is -6.04. The number of nitrogens with one attached hydrogen (secondary N) is 3. The van der Waals surface area contributed by atoms with Gasteiger partial charge in [0.05, 0.1) is 10.6 Å². The normalized spacial score (nSPS) is 19.3. The highest BCUT2D eigenvalue weighted by molar-refractivity contribution is 7.99. The van der Waals surface area contributed by atoms with E-state index >= 15 is 0 Å². The summed E-state index contributed by atoms with van der Waals surface area (Å²) in [6, 6.07) is 25.9. The molecule has 1 amide bonds. The second kappa shape index (κ2) is 23.6. The summed E-state index contributed by atoms with van der Waals surface area (Å²) in [5.74, 6) is -0.650. The highest BCUT2D eigenvalue weighted by atomic mass is 35.5. The minimum Gasteiger partial charge on any atom is -0.380 e. The first kappa shape index (κ1) is 54.5. The van der Waals surface area contributed by atoms with Gasteiger partial charge >= 0.3 is 5.51 Å². The number of alkyl halides is 3. The monoisotopic (exact) mass is 1050 g/mol. The number of thioether (sulfide) groups is 1. The number of nitrogens with zero attached hydrogens (tertiary/aromatic N) is 4. The van der Waals surface area contributed by atoms with Gasteiger partial charge in [-0.2, -0.15) is 13.2 Å². The Hall–Kier alpha value is -3.85. The van der Waals surface area contributed by atoms with Crippen LogP contribution in [0.5, 0.6) is 0 Å². The van der Waals surface area contributed by atoms with Crippen molar-refractivity contribution in [1.82, 2.24) is 24.7 Å². The maximum absolute atomic E-state index is 14.1. The number of halogens is 5. The molecule has 20 heteroatoms. The van der Waals surface area contributed by atoms with E-state index in [-0.39, 0.29) is 23.4 Å². The number of rotatable bonds is 18. The van der Waals surface area contributed by atoms with E-state index in [4.69, 9.17) is 11.6 Å². The van der Waals surface area contributed by atoms with Crippen LogP contribution in [-0.4, -0.2) is 141 Å². The summed E-state index contributed by atoms with van der Waals surface area (Å²) >= 11 is 7.72. The zero-order valence-electron chi connectivity index (χ0n) is 39.1. The Labute approximate surface area is 420 Å². The average Bonchev–Trinajstić information content (AvgIpc) is 3.30. The van der Waals surface area contributed by atoms with Crippen molar-refractivity contribution in [3.8, 4) is 0 Å². The van der Waals surface area contributed by atoms with Gasteiger partial charge in [0.1, 0.15) is 4.90 Å². The lowest BCUT2D eigenvalue weighted by atomic mass is 9.71. The number of allylic oxidation sites excluding steroid dienone is 1. The van der Waals surface area contributed by atoms with E-state index in [1.165, 1.54) is 40.6 Å². The molecule has 2 atom stereocenters. The van der Waals surface area contributed by atoms with Gasteiger partial charge in [0.2, 0.25) is 0 Å². The van der Waals surface area contributed by atoms with Crippen LogP contribution in [0.25, 0.3) is 5.57 Å². The quantitative estimate of drug-likeness (QED) is 0.0828. The van der Waals surface area contributed by atoms with Gasteiger partial charge < -0.3 is 25.3 Å². The molecule has 3 aliphatic rings. The molecule has 7 rings (SSSR count). The van der Waals surface area contributed by atoms with E-state index in [9.17, 15) is 34.8 Å². The number of hydrogen-bond acceptors (Lipinski definition) is 12. The first-order chi connectivity index (χ1) is 32.3. The molecule has 12 nitrogen and oxygen atoms in total. The summed E-state index contributed by atoms with van der Waals surface area (Å²) in [6.45, 7) is 12.2. The van der Waals surface area contributed by atoms with Crippen LogP contribution < -0.4 is 20.3 Å². The maximum Gasteiger partial charge on any atom is 0.501 e. The predicted octanol–water partition coefficient (Wildman–Crippen LogP) is 8.37. The van der Waals surface area contributed by atoms with E-state index < -0.39 is 52.8 Å². The van der Waals surface area contributed by atoms with Gasteiger partial charge in [0, 0.05) is 98.4 Å². The second-order valence-electron chi connectivity index (χ2n) is 18.5. The summed E-state index contributed by atoms with van der Waals surface area (Å²) in [5.41, 5.74) is -1.01. The molecule has 69 heavy (non-hydrogen) atoms. The fraction of sp³-hybridized carbons (Fsp3) is 0.449. The first-order valence-corrected chi connectivity index (χ1v) is 27.2. The molecule has 2 saturated heterocycles. The third-order valence-corrected chi connectivity index (χ3v) is 17.2. The van der Waals surface area contributed by atoms with Crippen LogP contribution in [0.3, 0.4) is 0 Å². The highest BCUT2D eigenvalue weighted by Crippen LogP contribution is 2.44. The second-order valence-corrected chi connectivity index (χ2v) is 23.6. The lowest BCUT2D eigenvalue weighted by molar-refractivity contribution is -0.0435. The Kier molecular flexibility index (Phi) is 18.6. The molecule has 0 bridgehead atoms. The molecule has 1 aliphatic carbocycles. The number of anilines is 2. The molecule has 0 saturated carbocycles. The summed E-state index contributed by atoms with van der Waals surface area (Å²) < 4.78 is 97.4. The van der Waals surface area contributed by atoms with Crippen molar-refractivity contribution >= 4 is 78.5 Å². The number of benzene rings is 4. The number of sulfonamides is 1. The van der Waals surface area contributed by atoms with Crippen LogP contribution in [0.1, 0.15) is 48.5 Å². The van der Waals surface area contributed by atoms with Crippen molar-refractivity contribution in [2.24, 2.45) is 5.41 Å². The molecule has 2 aliphatic heterocycles. The molecule has 0 spiro atoms. The third-order valence-electron chi connectivity index (χ3n) is 12.9. The Morgan fingerprint density at radius 2 is 1.55 bits per heavy atom. The Morgan fingerprint density at radius 1 is 0.884 bits per heavy atom. The summed E-state index contributed by atoms with van der Waals surface area (Å²) in [5, 5.41) is 7.13. The molecular formula is C49H62Cl2F3N7O5S3. The Balaban J connectivity index is 0.00000782. The van der Waals surface area contributed by atoms with Crippen LogP contribution in [0, 0.1) is 5.41 Å². The molecule has 2 unspecified atom stereocenters. The van der Waals surface area contributed by atoms with Crippen LogP contribution in [-0.2, 0) is 19.9 Å². The van der Waals surface area contributed by atoms with Crippen LogP contribution in [0.15, 0.2) is 117 Å². The Bertz CT molecular complexity index is 2620. The molecule has 376 valence electrons. The predicted molar refractivity (Wildman–Crippen MR) is 274 cm³/mol. The molecule has 0 aromatic heterocycles. The fourth-order valence-corrected chi connectivity index (χ4v) is 12.3. The van der Waals surface area contributed by atoms with Crippen molar-refractivity contribution in [3.63, 3.8) is 0 Å². The van der Waals surface area contributed by atoms with Crippen molar-refractivity contribution in [2.75, 3.05) is 102 Å². The average molecular weight is 1050 g/mol. The molecule has 4 aromatic rings. The van der Waals surface area contributed by atoms with Gasteiger partial charge in [0.15, 0.2) is 0 Å². The molecule has 4 aromatic carbocycles. The number of hydrogen-bond donors (Lipinski definition) is 3. The number of sulfone groups is 1. The number of carbonyl (C=O) groups excluding carboxylic acids is 1. The lowest BCUT2D eigenvalue weighted by Crippen LogP contribution is -2.49. The molecular weight excluding hydrogens is 991 g/mol. The number of piperazine rings is 2. The largest absolute Gasteiger partial charge is 0.501 e. The van der Waals surface area contributed by atoms with Crippen molar-refractivity contribution in [3.05, 3.63) is 119 Å². The SMILES string of the molecule is CN(C)CCC(CSc1ccccc1)Nc1ccc(S(=O)(=O)NC(=O)c2ccc(N3CCN(CC4=C(c5ccc(Cl)cc5)CCC(C)(CN5CCNCC5)C4)CC3)cc2)cc1S(=O)(=O)C(F)(F)F.Cl. The van der Waals surface area contributed by atoms with Gasteiger partial charge in [-0.3, -0.25) is 9.69 Å². The van der Waals surface area contributed by atoms with Crippen LogP contribution in [0.2, 0.25) is 5.02 Å². The minimum absolute atomic E-state index is 0. The third kappa shape index (κ3) is 14.4. The number of carbonyl (C=O) groups is 1. The van der Waals surface area contributed by atoms with Gasteiger partial charge in [-0.1, -0.05) is 54.4 Å². The summed E-state index contributed by atoms with van der Waals surface area (Å²) in [7, 11) is -7.20. The van der Waals surface area contributed by atoms with E-state index in [2.05, 4.69) is 44.4 Å². The summed E-state index contributed by atoms with van der Waals surface area (Å²) in [4.78, 5) is 21.4. The summed E-state index contributed by atoms with van der Waals surface area (Å²) in [6.07, 6.45) is 3.60. The van der Waals surface area contributed by atoms with Crippen molar-refractivity contribution in [2.45, 2.75) is 58.8 Å². The van der Waals surface area contributed by atoms with E-state index in [1.54, 1.807) is 12.1 Å². The molecule has 2 heterocycles. The van der Waals surface area contributed by atoms with Gasteiger partial charge in [-0.05, 0) is 130 Å². The zero-order valence-corrected chi connectivity index (χ0v) is 43.1.